The zero-order valence-electron chi connectivity index (χ0n) is 11.9. The first-order chi connectivity index (χ1) is 11.6. The SMILES string of the molecule is C[CH2][Sb]([c]1c(F)c(F)c(F)c(F)c1F)[c]1c(F)c(F)c(F)c(F)c1F. The Bertz CT molecular complexity index is 736. The van der Waals surface area contributed by atoms with E-state index in [0.29, 0.717) is 0 Å². The van der Waals surface area contributed by atoms with Gasteiger partial charge in [0, 0.05) is 0 Å². The van der Waals surface area contributed by atoms with Gasteiger partial charge in [-0.25, -0.2) is 0 Å². The predicted octanol–water partition coefficient (Wildman–Crippen LogP) is 3.71. The summed E-state index contributed by atoms with van der Waals surface area (Å²) in [7, 11) is 0. The van der Waals surface area contributed by atoms with E-state index in [9.17, 15) is 43.9 Å². The molecule has 0 nitrogen and oxygen atoms in total. The minimum absolute atomic E-state index is 0.542. The zero-order chi connectivity index (χ0) is 19.2. The Labute approximate surface area is 141 Å². The summed E-state index contributed by atoms with van der Waals surface area (Å²) < 4.78 is 131. The number of hydrogen-bond donors (Lipinski definition) is 0. The quantitative estimate of drug-likeness (QED) is 0.270. The third-order valence-corrected chi connectivity index (χ3v) is 10.4. The van der Waals surface area contributed by atoms with Crippen LogP contribution in [0.1, 0.15) is 6.92 Å². The van der Waals surface area contributed by atoms with Crippen molar-refractivity contribution < 1.29 is 43.9 Å². The minimum atomic E-state index is -4.59. The van der Waals surface area contributed by atoms with Gasteiger partial charge in [-0.3, -0.25) is 0 Å². The summed E-state index contributed by atoms with van der Waals surface area (Å²) in [4.78, 5) is 0. The first kappa shape index (κ1) is 19.9. The van der Waals surface area contributed by atoms with Crippen molar-refractivity contribution >= 4 is 27.2 Å². The van der Waals surface area contributed by atoms with Crippen LogP contribution in [0.15, 0.2) is 0 Å². The molecule has 2 aromatic carbocycles. The normalized spacial score (nSPS) is 11.5. The van der Waals surface area contributed by atoms with Crippen LogP contribution in [0.3, 0.4) is 0 Å². The van der Waals surface area contributed by atoms with Gasteiger partial charge in [0.25, 0.3) is 0 Å². The van der Waals surface area contributed by atoms with E-state index in [1.807, 2.05) is 0 Å². The summed E-state index contributed by atoms with van der Waals surface area (Å²) in [5, 5.41) is 0. The zero-order valence-corrected chi connectivity index (χ0v) is 14.5. The molecule has 136 valence electrons. The van der Waals surface area contributed by atoms with E-state index < -0.39 is 89.8 Å². The van der Waals surface area contributed by atoms with E-state index in [1.54, 1.807) is 0 Å². The molecule has 11 heteroatoms. The van der Waals surface area contributed by atoms with Crippen LogP contribution >= 0.6 is 0 Å². The van der Waals surface area contributed by atoms with Crippen LogP contribution in [0.25, 0.3) is 0 Å². The monoisotopic (exact) mass is 484 g/mol. The van der Waals surface area contributed by atoms with Gasteiger partial charge in [-0.15, -0.1) is 0 Å². The first-order valence-electron chi connectivity index (χ1n) is 6.36. The molecule has 0 fully saturated rings. The molecule has 0 N–H and O–H groups in total. The standard InChI is InChI=1S/2C6F5.C2H5.Sb/c2*7-2-1-3(8)5(10)6(11)4(2)9;1-2;/h;;1H2,2H3;. The molecule has 0 spiro atoms. The van der Waals surface area contributed by atoms with Gasteiger partial charge >= 0.3 is 141 Å². The van der Waals surface area contributed by atoms with E-state index in [1.165, 1.54) is 0 Å². The molecule has 2 rings (SSSR count). The van der Waals surface area contributed by atoms with Crippen LogP contribution in [0, 0.1) is 58.2 Å². The van der Waals surface area contributed by atoms with Crippen LogP contribution in [-0.2, 0) is 0 Å². The van der Waals surface area contributed by atoms with Gasteiger partial charge in [0.2, 0.25) is 0 Å². The van der Waals surface area contributed by atoms with Crippen LogP contribution < -0.4 is 7.02 Å². The molecule has 25 heavy (non-hydrogen) atoms. The fraction of sp³-hybridized carbons (Fsp3) is 0.143. The molecule has 0 atom stereocenters. The molecular weight excluding hydrogens is 480 g/mol. The van der Waals surface area contributed by atoms with Crippen molar-refractivity contribution in [2.75, 3.05) is 0 Å². The van der Waals surface area contributed by atoms with E-state index >= 15 is 0 Å². The van der Waals surface area contributed by atoms with Crippen LogP contribution in [0.2, 0.25) is 4.37 Å². The Balaban J connectivity index is 2.90. The van der Waals surface area contributed by atoms with Gasteiger partial charge < -0.3 is 0 Å². The summed E-state index contributed by atoms with van der Waals surface area (Å²) in [6.45, 7) is 1.08. The predicted molar refractivity (Wildman–Crippen MR) is 68.0 cm³/mol. The van der Waals surface area contributed by atoms with Gasteiger partial charge in [0.15, 0.2) is 0 Å². The maximum absolute atomic E-state index is 13.9. The van der Waals surface area contributed by atoms with Gasteiger partial charge in [0.05, 0.1) is 0 Å². The second-order valence-electron chi connectivity index (χ2n) is 4.58. The van der Waals surface area contributed by atoms with E-state index in [4.69, 9.17) is 0 Å². The number of hydrogen-bond acceptors (Lipinski definition) is 0. The van der Waals surface area contributed by atoms with Crippen LogP contribution in [0.5, 0.6) is 0 Å². The Morgan fingerprint density at radius 3 is 0.840 bits per heavy atom. The van der Waals surface area contributed by atoms with Crippen molar-refractivity contribution in [2.45, 2.75) is 11.3 Å². The Morgan fingerprint density at radius 1 is 0.440 bits per heavy atom. The summed E-state index contributed by atoms with van der Waals surface area (Å²) in [5.74, 6) is -23.8. The van der Waals surface area contributed by atoms with Gasteiger partial charge in [-0.1, -0.05) is 0 Å². The molecule has 0 aliphatic carbocycles. The molecule has 0 aromatic heterocycles. The molecule has 0 saturated heterocycles. The molecule has 0 aliphatic heterocycles. The van der Waals surface area contributed by atoms with Crippen molar-refractivity contribution in [2.24, 2.45) is 0 Å². The second kappa shape index (κ2) is 7.05. The maximum atomic E-state index is 13.9. The average Bonchev–Trinajstić information content (AvgIpc) is 2.60. The van der Waals surface area contributed by atoms with Crippen LogP contribution in [0.4, 0.5) is 43.9 Å². The Hall–Kier alpha value is -1.44. The van der Waals surface area contributed by atoms with Gasteiger partial charge in [-0.05, 0) is 0 Å². The van der Waals surface area contributed by atoms with Crippen molar-refractivity contribution in [3.05, 3.63) is 58.2 Å². The molecule has 0 radical (unpaired) electrons. The third-order valence-electron chi connectivity index (χ3n) is 3.23. The Morgan fingerprint density at radius 2 is 0.640 bits per heavy atom. The number of benzene rings is 2. The van der Waals surface area contributed by atoms with Gasteiger partial charge in [-0.2, -0.15) is 0 Å². The molecule has 0 saturated carbocycles. The van der Waals surface area contributed by atoms with Gasteiger partial charge in [0.1, 0.15) is 0 Å². The summed E-state index contributed by atoms with van der Waals surface area (Å²) in [6, 6.07) is 0. The summed E-state index contributed by atoms with van der Waals surface area (Å²) in [6.07, 6.45) is 0. The number of rotatable bonds is 3. The molecule has 0 heterocycles. The van der Waals surface area contributed by atoms with Crippen molar-refractivity contribution in [3.8, 4) is 0 Å². The van der Waals surface area contributed by atoms with Crippen molar-refractivity contribution in [1.82, 2.24) is 0 Å². The number of halogens is 10. The summed E-state index contributed by atoms with van der Waals surface area (Å²) in [5.41, 5.74) is 0. The fourth-order valence-electron chi connectivity index (χ4n) is 2.09. The topological polar surface area (TPSA) is 0 Å². The van der Waals surface area contributed by atoms with E-state index in [0.717, 1.165) is 6.92 Å². The molecule has 0 unspecified atom stereocenters. The van der Waals surface area contributed by atoms with Crippen molar-refractivity contribution in [3.63, 3.8) is 0 Å². The molecule has 2 aromatic rings. The fourth-order valence-corrected chi connectivity index (χ4v) is 8.36. The molecule has 0 amide bonds. The average molecular weight is 485 g/mol. The second-order valence-corrected chi connectivity index (χ2v) is 11.4. The molecule has 0 aliphatic rings. The summed E-state index contributed by atoms with van der Waals surface area (Å²) >= 11 is -4.59. The molecular formula is C14H5F10Sb. The van der Waals surface area contributed by atoms with E-state index in [-0.39, 0.29) is 0 Å². The van der Waals surface area contributed by atoms with Crippen LogP contribution in [-0.4, -0.2) is 20.2 Å². The Kier molecular flexibility index (Phi) is 5.61. The first-order valence-corrected chi connectivity index (χ1v) is 10.7. The van der Waals surface area contributed by atoms with E-state index in [2.05, 4.69) is 0 Å². The van der Waals surface area contributed by atoms with Crippen molar-refractivity contribution in [1.29, 1.82) is 0 Å². The third kappa shape index (κ3) is 2.98. The molecule has 0 bridgehead atoms.